The highest BCUT2D eigenvalue weighted by molar-refractivity contribution is 5.76. The van der Waals surface area contributed by atoms with Crippen molar-refractivity contribution in [2.24, 2.45) is 0 Å². The molecule has 0 saturated carbocycles. The van der Waals surface area contributed by atoms with E-state index in [2.05, 4.69) is 30.5 Å². The minimum absolute atomic E-state index is 0.0520. The molecule has 11 nitrogen and oxygen atoms in total. The van der Waals surface area contributed by atoms with Crippen LogP contribution < -0.4 is 10.9 Å². The van der Waals surface area contributed by atoms with Gasteiger partial charge in [0.05, 0.1) is 36.0 Å². The largest absolute Gasteiger partial charge is 0.372 e. The molecule has 0 spiro atoms. The molecular weight excluding hydrogens is 503 g/mol. The minimum Gasteiger partial charge on any atom is -0.372 e. The Bertz CT molecular complexity index is 1820. The second kappa shape index (κ2) is 10.3. The van der Waals surface area contributed by atoms with Crippen molar-refractivity contribution < 1.29 is 14.0 Å². The summed E-state index contributed by atoms with van der Waals surface area (Å²) in [7, 11) is 0. The van der Waals surface area contributed by atoms with Gasteiger partial charge in [-0.15, -0.1) is 0 Å². The number of aliphatic hydroxyl groups is 1. The van der Waals surface area contributed by atoms with E-state index in [4.69, 9.17) is 4.52 Å². The quantitative estimate of drug-likeness (QED) is 0.287. The molecule has 0 fully saturated rings. The van der Waals surface area contributed by atoms with E-state index in [0.29, 0.717) is 39.4 Å². The number of nitrogens with one attached hydrogen (secondary N) is 1. The molecule has 0 amide bonds. The van der Waals surface area contributed by atoms with Gasteiger partial charge in [-0.05, 0) is 30.3 Å². The number of para-hydroxylation sites is 1. The zero-order chi connectivity index (χ0) is 26.8. The molecule has 39 heavy (non-hydrogen) atoms. The molecule has 1 atom stereocenters. The second-order valence-corrected chi connectivity index (χ2v) is 8.69. The topological polar surface area (TPSA) is 137 Å². The Morgan fingerprint density at radius 1 is 1.03 bits per heavy atom. The monoisotopic (exact) mass is 524 g/mol. The Morgan fingerprint density at radius 3 is 2.72 bits per heavy atom. The smallest absolute Gasteiger partial charge is 0.261 e. The first-order valence-electron chi connectivity index (χ1n) is 12.0. The number of aromatic nitrogens is 7. The average Bonchev–Trinajstić information content (AvgIpc) is 3.62. The van der Waals surface area contributed by atoms with Gasteiger partial charge in [0.15, 0.2) is 5.82 Å². The lowest BCUT2D eigenvalue weighted by Crippen LogP contribution is -2.31. The van der Waals surface area contributed by atoms with Gasteiger partial charge in [-0.2, -0.15) is 5.10 Å². The molecule has 4 aromatic heterocycles. The Morgan fingerprint density at radius 2 is 1.87 bits per heavy atom. The highest BCUT2D eigenvalue weighted by atomic mass is 19.1. The van der Waals surface area contributed by atoms with Crippen LogP contribution in [0, 0.1) is 5.82 Å². The van der Waals surface area contributed by atoms with Gasteiger partial charge < -0.3 is 14.9 Å². The molecule has 0 radical (unpaired) electrons. The molecule has 194 valence electrons. The van der Waals surface area contributed by atoms with Crippen molar-refractivity contribution in [3.63, 3.8) is 0 Å². The fourth-order valence-corrected chi connectivity index (χ4v) is 4.19. The third-order valence-electron chi connectivity index (χ3n) is 6.06. The first kappa shape index (κ1) is 24.1. The van der Waals surface area contributed by atoms with E-state index in [0.717, 1.165) is 0 Å². The maximum atomic E-state index is 14.4. The van der Waals surface area contributed by atoms with Crippen LogP contribution in [0.2, 0.25) is 0 Å². The van der Waals surface area contributed by atoms with Crippen LogP contribution in [0.1, 0.15) is 5.56 Å². The van der Waals surface area contributed by atoms with E-state index in [9.17, 15) is 14.3 Å². The highest BCUT2D eigenvalue weighted by Gasteiger charge is 2.18. The average molecular weight is 525 g/mol. The van der Waals surface area contributed by atoms with Gasteiger partial charge in [-0.3, -0.25) is 14.0 Å². The maximum absolute atomic E-state index is 14.4. The Labute approximate surface area is 220 Å². The van der Waals surface area contributed by atoms with Gasteiger partial charge in [-0.25, -0.2) is 19.3 Å². The van der Waals surface area contributed by atoms with Crippen LogP contribution in [0.4, 0.5) is 10.2 Å². The number of halogens is 1. The van der Waals surface area contributed by atoms with Crippen LogP contribution in [-0.2, 0) is 13.1 Å². The van der Waals surface area contributed by atoms with E-state index < -0.39 is 6.23 Å². The summed E-state index contributed by atoms with van der Waals surface area (Å²) >= 11 is 0. The van der Waals surface area contributed by atoms with Crippen LogP contribution in [0.25, 0.3) is 33.8 Å². The fraction of sp³-hybridized carbons (Fsp3) is 0.111. The molecule has 0 aliphatic carbocycles. The molecule has 6 rings (SSSR count). The number of rotatable bonds is 8. The van der Waals surface area contributed by atoms with Crippen molar-refractivity contribution in [3.8, 4) is 22.9 Å². The summed E-state index contributed by atoms with van der Waals surface area (Å²) in [5.41, 5.74) is 2.30. The Balaban J connectivity index is 1.25. The van der Waals surface area contributed by atoms with Gasteiger partial charge in [0.1, 0.15) is 35.5 Å². The van der Waals surface area contributed by atoms with Crippen molar-refractivity contribution in [1.82, 2.24) is 34.5 Å². The number of hydrogen-bond acceptors (Lipinski definition) is 9. The SMILES string of the molecule is O=c1c2ccccc2ncn1CC(O)Nc1ccnc(-c2cc(-c3ccon3)n(Cc3ccccc3F)n2)n1. The number of anilines is 1. The van der Waals surface area contributed by atoms with Gasteiger partial charge in [0.25, 0.3) is 5.56 Å². The number of nitrogens with zero attached hydrogens (tertiary/aromatic N) is 7. The second-order valence-electron chi connectivity index (χ2n) is 8.69. The summed E-state index contributed by atoms with van der Waals surface area (Å²) in [6.07, 6.45) is 3.22. The fourth-order valence-electron chi connectivity index (χ4n) is 4.19. The Kier molecular flexibility index (Phi) is 6.35. The molecule has 6 aromatic rings. The van der Waals surface area contributed by atoms with Crippen LogP contribution in [-0.4, -0.2) is 45.8 Å². The third-order valence-corrected chi connectivity index (χ3v) is 6.06. The predicted molar refractivity (Wildman–Crippen MR) is 140 cm³/mol. The normalized spacial score (nSPS) is 12.1. The maximum Gasteiger partial charge on any atom is 0.261 e. The number of fused-ring (bicyclic) bond motifs is 1. The van der Waals surface area contributed by atoms with Crippen LogP contribution in [0.3, 0.4) is 0 Å². The standard InChI is InChI=1S/C27H21FN8O3/c28-19-7-3-1-5-17(19)14-36-23(21-10-12-39-34-21)13-22(33-36)26-29-11-9-24(32-26)31-25(37)15-35-16-30-20-8-4-2-6-18(20)27(35)38/h1-13,16,25,37H,14-15H2,(H,29,31,32). The summed E-state index contributed by atoms with van der Waals surface area (Å²) in [5, 5.41) is 22.6. The summed E-state index contributed by atoms with van der Waals surface area (Å²) < 4.78 is 22.3. The third kappa shape index (κ3) is 5.00. The van der Waals surface area contributed by atoms with Crippen LogP contribution in [0.5, 0.6) is 0 Å². The van der Waals surface area contributed by atoms with Crippen LogP contribution >= 0.6 is 0 Å². The lowest BCUT2D eigenvalue weighted by molar-refractivity contribution is 0.180. The van der Waals surface area contributed by atoms with E-state index >= 15 is 0 Å². The zero-order valence-corrected chi connectivity index (χ0v) is 20.3. The molecule has 2 aromatic carbocycles. The Hall–Kier alpha value is -5.23. The predicted octanol–water partition coefficient (Wildman–Crippen LogP) is 3.32. The minimum atomic E-state index is -1.14. The van der Waals surface area contributed by atoms with Crippen molar-refractivity contribution >= 4 is 16.7 Å². The van der Waals surface area contributed by atoms with E-state index in [1.54, 1.807) is 65.3 Å². The summed E-state index contributed by atoms with van der Waals surface area (Å²) in [6.45, 7) is 0.101. The highest BCUT2D eigenvalue weighted by Crippen LogP contribution is 2.25. The molecular formula is C27H21FN8O3. The molecule has 0 bridgehead atoms. The van der Waals surface area contributed by atoms with Gasteiger partial charge in [0, 0.05) is 17.8 Å². The van der Waals surface area contributed by atoms with Gasteiger partial charge in [0.2, 0.25) is 0 Å². The number of hydrogen-bond donors (Lipinski definition) is 2. The number of aliphatic hydroxyl groups excluding tert-OH is 1. The van der Waals surface area contributed by atoms with Crippen molar-refractivity contribution in [2.75, 3.05) is 5.32 Å². The molecule has 4 heterocycles. The van der Waals surface area contributed by atoms with Crippen molar-refractivity contribution in [1.29, 1.82) is 0 Å². The molecule has 12 heteroatoms. The summed E-state index contributed by atoms with van der Waals surface area (Å²) in [6, 6.07) is 18.5. The first-order chi connectivity index (χ1) is 19.0. The van der Waals surface area contributed by atoms with Crippen molar-refractivity contribution in [3.05, 3.63) is 107 Å². The molecule has 0 aliphatic heterocycles. The zero-order valence-electron chi connectivity index (χ0n) is 20.3. The molecule has 1 unspecified atom stereocenters. The van der Waals surface area contributed by atoms with E-state index in [-0.39, 0.29) is 30.3 Å². The lowest BCUT2D eigenvalue weighted by atomic mass is 10.2. The van der Waals surface area contributed by atoms with Gasteiger partial charge in [-0.1, -0.05) is 35.5 Å². The molecule has 0 aliphatic rings. The van der Waals surface area contributed by atoms with E-state index in [1.165, 1.54) is 29.4 Å². The van der Waals surface area contributed by atoms with E-state index in [1.807, 2.05) is 0 Å². The first-order valence-corrected chi connectivity index (χ1v) is 12.0. The van der Waals surface area contributed by atoms with Crippen LogP contribution in [0.15, 0.2) is 94.8 Å². The number of benzene rings is 2. The summed E-state index contributed by atoms with van der Waals surface area (Å²) in [5.74, 6) is 0.243. The van der Waals surface area contributed by atoms with Crippen molar-refractivity contribution in [2.45, 2.75) is 19.3 Å². The van der Waals surface area contributed by atoms with Gasteiger partial charge >= 0.3 is 0 Å². The summed E-state index contributed by atoms with van der Waals surface area (Å²) in [4.78, 5) is 25.8. The molecule has 0 saturated heterocycles. The molecule has 2 N–H and O–H groups in total. The lowest BCUT2D eigenvalue weighted by Gasteiger charge is -2.15.